The molecule has 1 unspecified atom stereocenters. The van der Waals surface area contributed by atoms with Crippen LogP contribution >= 0.6 is 0 Å². The predicted octanol–water partition coefficient (Wildman–Crippen LogP) is 1.69. The average Bonchev–Trinajstić information content (AvgIpc) is 3.01. The number of hydrogen-bond acceptors (Lipinski definition) is 3. The van der Waals surface area contributed by atoms with Crippen molar-refractivity contribution in [2.75, 3.05) is 6.54 Å². The second-order valence-electron chi connectivity index (χ2n) is 6.13. The monoisotopic (exact) mass is 313 g/mol. The quantitative estimate of drug-likeness (QED) is 0.877. The van der Waals surface area contributed by atoms with Crippen molar-refractivity contribution >= 4 is 22.8 Å². The molecule has 0 spiro atoms. The number of urea groups is 1. The van der Waals surface area contributed by atoms with Crippen LogP contribution in [0.4, 0.5) is 4.79 Å². The standard InChI is InChI=1S/C17H19N3O3/c1-2-7-18-16(22)14-8-12-11-5-3-4-6-13(11)20(10-21)15(12)9-19(14)17(18)23/h3-6,14,21H,2,7-10H2,1H3. The number of rotatable bonds is 3. The van der Waals surface area contributed by atoms with Gasteiger partial charge in [0, 0.05) is 24.0 Å². The van der Waals surface area contributed by atoms with Gasteiger partial charge in [-0.05, 0) is 18.1 Å². The van der Waals surface area contributed by atoms with Crippen molar-refractivity contribution in [3.05, 3.63) is 35.5 Å². The summed E-state index contributed by atoms with van der Waals surface area (Å²) in [6.45, 7) is 2.67. The third kappa shape index (κ3) is 1.84. The van der Waals surface area contributed by atoms with Crippen molar-refractivity contribution < 1.29 is 14.7 Å². The number of amides is 3. The summed E-state index contributed by atoms with van der Waals surface area (Å²) in [4.78, 5) is 28.1. The number of fused-ring (bicyclic) bond motifs is 4. The molecule has 3 amide bonds. The topological polar surface area (TPSA) is 65.8 Å². The molecule has 1 aromatic heterocycles. The second-order valence-corrected chi connectivity index (χ2v) is 6.13. The first-order valence-electron chi connectivity index (χ1n) is 7.99. The Kier molecular flexibility index (Phi) is 3.16. The Morgan fingerprint density at radius 2 is 2.04 bits per heavy atom. The van der Waals surface area contributed by atoms with Crippen LogP contribution in [0.15, 0.2) is 24.3 Å². The van der Waals surface area contributed by atoms with Crippen LogP contribution in [0, 0.1) is 0 Å². The van der Waals surface area contributed by atoms with Crippen LogP contribution in [0.3, 0.4) is 0 Å². The minimum atomic E-state index is -0.403. The number of aliphatic hydroxyl groups is 1. The molecule has 0 radical (unpaired) electrons. The van der Waals surface area contributed by atoms with Gasteiger partial charge in [0.1, 0.15) is 12.8 Å². The summed E-state index contributed by atoms with van der Waals surface area (Å²) in [5.74, 6) is -0.0941. The fourth-order valence-corrected chi connectivity index (χ4v) is 3.85. The average molecular weight is 313 g/mol. The molecule has 2 aliphatic rings. The molecule has 23 heavy (non-hydrogen) atoms. The number of hydrogen-bond donors (Lipinski definition) is 1. The van der Waals surface area contributed by atoms with E-state index in [1.807, 2.05) is 35.8 Å². The van der Waals surface area contributed by atoms with Gasteiger partial charge in [0.2, 0.25) is 0 Å². The minimum Gasteiger partial charge on any atom is -0.376 e. The van der Waals surface area contributed by atoms with E-state index in [4.69, 9.17) is 0 Å². The van der Waals surface area contributed by atoms with E-state index < -0.39 is 6.04 Å². The van der Waals surface area contributed by atoms with Crippen molar-refractivity contribution in [3.8, 4) is 0 Å². The van der Waals surface area contributed by atoms with Crippen LogP contribution in [0.5, 0.6) is 0 Å². The summed E-state index contributed by atoms with van der Waals surface area (Å²) in [6.07, 6.45) is 1.28. The lowest BCUT2D eigenvalue weighted by atomic mass is 9.97. The fraction of sp³-hybridized carbons (Fsp3) is 0.412. The van der Waals surface area contributed by atoms with Crippen LogP contribution < -0.4 is 0 Å². The number of nitrogens with zero attached hydrogens (tertiary/aromatic N) is 3. The maximum atomic E-state index is 12.6. The Hall–Kier alpha value is -2.34. The Bertz CT molecular complexity index is 811. The van der Waals surface area contributed by atoms with Gasteiger partial charge >= 0.3 is 6.03 Å². The zero-order valence-corrected chi connectivity index (χ0v) is 13.0. The summed E-state index contributed by atoms with van der Waals surface area (Å²) < 4.78 is 1.83. The lowest BCUT2D eigenvalue weighted by molar-refractivity contribution is -0.128. The molecule has 6 heteroatoms. The fourth-order valence-electron chi connectivity index (χ4n) is 3.85. The summed E-state index contributed by atoms with van der Waals surface area (Å²) in [5.41, 5.74) is 2.96. The van der Waals surface area contributed by atoms with E-state index >= 15 is 0 Å². The molecule has 1 fully saturated rings. The summed E-state index contributed by atoms with van der Waals surface area (Å²) in [6, 6.07) is 7.26. The third-order valence-corrected chi connectivity index (χ3v) is 4.90. The van der Waals surface area contributed by atoms with Crippen molar-refractivity contribution in [2.24, 2.45) is 0 Å². The zero-order chi connectivity index (χ0) is 16.1. The van der Waals surface area contributed by atoms with Gasteiger partial charge in [-0.2, -0.15) is 0 Å². The van der Waals surface area contributed by atoms with Gasteiger partial charge in [-0.3, -0.25) is 9.69 Å². The Balaban J connectivity index is 1.82. The first-order chi connectivity index (χ1) is 11.2. The van der Waals surface area contributed by atoms with Gasteiger partial charge < -0.3 is 14.6 Å². The highest BCUT2D eigenvalue weighted by atomic mass is 16.3. The van der Waals surface area contributed by atoms with Gasteiger partial charge in [0.15, 0.2) is 0 Å². The molecule has 1 saturated heterocycles. The highest BCUT2D eigenvalue weighted by Gasteiger charge is 2.47. The van der Waals surface area contributed by atoms with Gasteiger partial charge in [0.05, 0.1) is 12.1 Å². The molecule has 1 atom stereocenters. The SMILES string of the molecule is CCCN1C(=O)C2Cc3c(n(CO)c4ccccc34)CN2C1=O. The lowest BCUT2D eigenvalue weighted by Crippen LogP contribution is -2.40. The Morgan fingerprint density at radius 1 is 1.26 bits per heavy atom. The summed E-state index contributed by atoms with van der Waals surface area (Å²) in [7, 11) is 0. The molecule has 0 saturated carbocycles. The number of imide groups is 1. The largest absolute Gasteiger partial charge is 0.376 e. The Morgan fingerprint density at radius 3 is 2.78 bits per heavy atom. The van der Waals surface area contributed by atoms with E-state index in [1.54, 1.807) is 4.90 Å². The van der Waals surface area contributed by atoms with Gasteiger partial charge in [-0.25, -0.2) is 4.79 Å². The highest BCUT2D eigenvalue weighted by molar-refractivity contribution is 6.05. The zero-order valence-electron chi connectivity index (χ0n) is 13.0. The van der Waals surface area contributed by atoms with Crippen molar-refractivity contribution in [1.29, 1.82) is 0 Å². The molecule has 6 nitrogen and oxygen atoms in total. The normalized spacial score (nSPS) is 20.3. The number of aliphatic hydroxyl groups excluding tert-OH is 1. The van der Waals surface area contributed by atoms with Gasteiger partial charge in [-0.1, -0.05) is 25.1 Å². The summed E-state index contributed by atoms with van der Waals surface area (Å²) >= 11 is 0. The van der Waals surface area contributed by atoms with E-state index in [0.29, 0.717) is 19.5 Å². The maximum absolute atomic E-state index is 12.6. The molecule has 0 bridgehead atoms. The van der Waals surface area contributed by atoms with E-state index in [1.165, 1.54) is 4.90 Å². The van der Waals surface area contributed by atoms with Crippen LogP contribution in [0.1, 0.15) is 24.6 Å². The number of carbonyl (C=O) groups excluding carboxylic acids is 2. The molecular formula is C17H19N3O3. The van der Waals surface area contributed by atoms with Crippen molar-refractivity contribution in [1.82, 2.24) is 14.4 Å². The van der Waals surface area contributed by atoms with Crippen LogP contribution in [-0.2, 0) is 24.5 Å². The number of para-hydroxylation sites is 1. The van der Waals surface area contributed by atoms with Crippen LogP contribution in [0.2, 0.25) is 0 Å². The van der Waals surface area contributed by atoms with Crippen LogP contribution in [-0.4, -0.2) is 44.0 Å². The van der Waals surface area contributed by atoms with E-state index in [9.17, 15) is 14.7 Å². The molecule has 0 aliphatic carbocycles. The van der Waals surface area contributed by atoms with E-state index in [0.717, 1.165) is 28.6 Å². The number of benzene rings is 1. The molecule has 1 aromatic carbocycles. The van der Waals surface area contributed by atoms with Gasteiger partial charge in [0.25, 0.3) is 5.91 Å². The van der Waals surface area contributed by atoms with E-state index in [-0.39, 0.29) is 18.7 Å². The van der Waals surface area contributed by atoms with E-state index in [2.05, 4.69) is 0 Å². The number of aromatic nitrogens is 1. The molecule has 3 heterocycles. The summed E-state index contributed by atoms with van der Waals surface area (Å²) in [5, 5.41) is 10.8. The van der Waals surface area contributed by atoms with Crippen LogP contribution in [0.25, 0.3) is 10.9 Å². The predicted molar refractivity (Wildman–Crippen MR) is 84.6 cm³/mol. The maximum Gasteiger partial charge on any atom is 0.327 e. The molecule has 4 rings (SSSR count). The second kappa shape index (κ2) is 5.09. The Labute approximate surface area is 133 Å². The molecule has 120 valence electrons. The minimum absolute atomic E-state index is 0.0941. The molecule has 1 N–H and O–H groups in total. The third-order valence-electron chi connectivity index (χ3n) is 4.90. The smallest absolute Gasteiger partial charge is 0.327 e. The molecule has 2 aliphatic heterocycles. The lowest BCUT2D eigenvalue weighted by Gasteiger charge is -2.28. The van der Waals surface area contributed by atoms with Crippen molar-refractivity contribution in [2.45, 2.75) is 39.1 Å². The molecular weight excluding hydrogens is 294 g/mol. The van der Waals surface area contributed by atoms with Crippen molar-refractivity contribution in [3.63, 3.8) is 0 Å². The number of carbonyl (C=O) groups is 2. The first-order valence-corrected chi connectivity index (χ1v) is 7.99. The first kappa shape index (κ1) is 14.3. The van der Waals surface area contributed by atoms with Gasteiger partial charge in [-0.15, -0.1) is 0 Å². The highest BCUT2D eigenvalue weighted by Crippen LogP contribution is 2.36. The molecule has 2 aromatic rings.